The van der Waals surface area contributed by atoms with Crippen molar-refractivity contribution in [2.45, 2.75) is 24.9 Å². The first-order valence-corrected chi connectivity index (χ1v) is 4.97. The summed E-state index contributed by atoms with van der Waals surface area (Å²) in [5.74, 6) is 0. The molecule has 0 radical (unpaired) electrons. The van der Waals surface area contributed by atoms with E-state index in [0.717, 1.165) is 39.2 Å². The molecule has 3 heteroatoms. The van der Waals surface area contributed by atoms with Gasteiger partial charge in [-0.25, -0.2) is 0 Å². The molecule has 0 aromatic carbocycles. The first-order valence-electron chi connectivity index (χ1n) is 4.97. The Kier molecular flexibility index (Phi) is 2.63. The summed E-state index contributed by atoms with van der Waals surface area (Å²) >= 11 is 0. The minimum absolute atomic E-state index is 0.168. The Bertz CT molecular complexity index is 133. The molecule has 70 valence electrons. The highest BCUT2D eigenvalue weighted by atomic mass is 16.5. The lowest BCUT2D eigenvalue weighted by molar-refractivity contribution is -0.0534. The predicted octanol–water partition coefficient (Wildman–Crippen LogP) is 0.118. The van der Waals surface area contributed by atoms with Crippen molar-refractivity contribution in [1.82, 2.24) is 10.6 Å². The van der Waals surface area contributed by atoms with E-state index in [4.69, 9.17) is 4.74 Å². The normalized spacial score (nSPS) is 30.0. The summed E-state index contributed by atoms with van der Waals surface area (Å²) in [5, 5.41) is 6.82. The average Bonchev–Trinajstić information content (AvgIpc) is 2.33. The van der Waals surface area contributed by atoms with Crippen molar-refractivity contribution in [2.75, 3.05) is 32.8 Å². The fraction of sp³-hybridized carbons (Fsp3) is 1.00. The van der Waals surface area contributed by atoms with Crippen molar-refractivity contribution in [3.63, 3.8) is 0 Å². The second-order valence-electron chi connectivity index (χ2n) is 3.81. The highest BCUT2D eigenvalue weighted by Gasteiger charge is 2.33. The quantitative estimate of drug-likeness (QED) is 0.542. The summed E-state index contributed by atoms with van der Waals surface area (Å²) < 4.78 is 5.93. The fourth-order valence-corrected chi connectivity index (χ4v) is 2.06. The van der Waals surface area contributed by atoms with Crippen LogP contribution in [0.15, 0.2) is 0 Å². The molecule has 12 heavy (non-hydrogen) atoms. The maximum atomic E-state index is 5.93. The standard InChI is InChI=1S/C9H18N2O/c1-4-11-8-9(12-7-1)2-5-10-6-3-9/h10-11H,1-8H2. The number of rotatable bonds is 0. The highest BCUT2D eigenvalue weighted by molar-refractivity contribution is 4.89. The summed E-state index contributed by atoms with van der Waals surface area (Å²) in [6.45, 7) is 5.33. The summed E-state index contributed by atoms with van der Waals surface area (Å²) in [4.78, 5) is 0. The van der Waals surface area contributed by atoms with Gasteiger partial charge in [0.25, 0.3) is 0 Å². The number of nitrogens with one attached hydrogen (secondary N) is 2. The largest absolute Gasteiger partial charge is 0.374 e. The zero-order valence-corrected chi connectivity index (χ0v) is 7.57. The molecule has 1 spiro atoms. The second-order valence-corrected chi connectivity index (χ2v) is 3.81. The zero-order chi connectivity index (χ0) is 8.28. The van der Waals surface area contributed by atoms with E-state index in [1.807, 2.05) is 0 Å². The van der Waals surface area contributed by atoms with Crippen LogP contribution in [-0.2, 0) is 4.74 Å². The van der Waals surface area contributed by atoms with E-state index in [-0.39, 0.29) is 5.60 Å². The van der Waals surface area contributed by atoms with E-state index in [2.05, 4.69) is 10.6 Å². The van der Waals surface area contributed by atoms with Crippen molar-refractivity contribution in [3.8, 4) is 0 Å². The number of hydrogen-bond donors (Lipinski definition) is 2. The van der Waals surface area contributed by atoms with Crippen LogP contribution in [-0.4, -0.2) is 38.4 Å². The fourth-order valence-electron chi connectivity index (χ4n) is 2.06. The van der Waals surface area contributed by atoms with Gasteiger partial charge in [0, 0.05) is 13.2 Å². The maximum absolute atomic E-state index is 5.93. The van der Waals surface area contributed by atoms with E-state index < -0.39 is 0 Å². The minimum Gasteiger partial charge on any atom is -0.374 e. The number of ether oxygens (including phenoxy) is 1. The van der Waals surface area contributed by atoms with Gasteiger partial charge in [0.05, 0.1) is 5.60 Å². The number of piperidine rings is 1. The SMILES string of the molecule is C1CNCC2(CCNCC2)OC1. The third-order valence-corrected chi connectivity index (χ3v) is 2.87. The van der Waals surface area contributed by atoms with Gasteiger partial charge in [-0.05, 0) is 38.9 Å². The van der Waals surface area contributed by atoms with E-state index in [9.17, 15) is 0 Å². The van der Waals surface area contributed by atoms with Gasteiger partial charge in [-0.1, -0.05) is 0 Å². The average molecular weight is 170 g/mol. The monoisotopic (exact) mass is 170 g/mol. The molecule has 3 nitrogen and oxygen atoms in total. The summed E-state index contributed by atoms with van der Waals surface area (Å²) in [5.41, 5.74) is 0.168. The molecule has 0 saturated carbocycles. The van der Waals surface area contributed by atoms with Crippen LogP contribution >= 0.6 is 0 Å². The smallest absolute Gasteiger partial charge is 0.0830 e. The van der Waals surface area contributed by atoms with Crippen molar-refractivity contribution < 1.29 is 4.74 Å². The third kappa shape index (κ3) is 1.79. The Morgan fingerprint density at radius 1 is 1.00 bits per heavy atom. The molecular formula is C9H18N2O. The first-order chi connectivity index (χ1) is 5.91. The van der Waals surface area contributed by atoms with E-state index >= 15 is 0 Å². The maximum Gasteiger partial charge on any atom is 0.0830 e. The Hall–Kier alpha value is -0.120. The molecule has 0 aliphatic carbocycles. The molecule has 0 bridgehead atoms. The molecule has 2 heterocycles. The molecule has 2 aliphatic heterocycles. The molecule has 2 aliphatic rings. The lowest BCUT2D eigenvalue weighted by atomic mass is 9.92. The topological polar surface area (TPSA) is 33.3 Å². The Morgan fingerprint density at radius 3 is 2.67 bits per heavy atom. The van der Waals surface area contributed by atoms with Gasteiger partial charge < -0.3 is 15.4 Å². The predicted molar refractivity (Wildman–Crippen MR) is 48.3 cm³/mol. The van der Waals surface area contributed by atoms with Crippen LogP contribution in [0.25, 0.3) is 0 Å². The second kappa shape index (κ2) is 3.73. The van der Waals surface area contributed by atoms with Crippen molar-refractivity contribution in [2.24, 2.45) is 0 Å². The summed E-state index contributed by atoms with van der Waals surface area (Å²) in [6, 6.07) is 0. The Labute approximate surface area is 73.9 Å². The Balaban J connectivity index is 1.95. The lowest BCUT2D eigenvalue weighted by Crippen LogP contribution is -2.49. The highest BCUT2D eigenvalue weighted by Crippen LogP contribution is 2.23. The van der Waals surface area contributed by atoms with Gasteiger partial charge in [-0.2, -0.15) is 0 Å². The van der Waals surface area contributed by atoms with Crippen LogP contribution in [0.3, 0.4) is 0 Å². The molecule has 2 rings (SSSR count). The summed E-state index contributed by atoms with van der Waals surface area (Å²) in [7, 11) is 0. The van der Waals surface area contributed by atoms with Gasteiger partial charge >= 0.3 is 0 Å². The van der Waals surface area contributed by atoms with Crippen LogP contribution in [0.1, 0.15) is 19.3 Å². The molecule has 0 amide bonds. The number of hydrogen-bond acceptors (Lipinski definition) is 3. The van der Waals surface area contributed by atoms with Crippen molar-refractivity contribution in [1.29, 1.82) is 0 Å². The van der Waals surface area contributed by atoms with E-state index in [1.165, 1.54) is 12.8 Å². The molecule has 0 aromatic heterocycles. The molecule has 0 aromatic rings. The van der Waals surface area contributed by atoms with Gasteiger partial charge in [-0.3, -0.25) is 0 Å². The lowest BCUT2D eigenvalue weighted by Gasteiger charge is -2.36. The van der Waals surface area contributed by atoms with Crippen LogP contribution in [0.4, 0.5) is 0 Å². The van der Waals surface area contributed by atoms with E-state index in [0.29, 0.717) is 0 Å². The van der Waals surface area contributed by atoms with Crippen molar-refractivity contribution in [3.05, 3.63) is 0 Å². The third-order valence-electron chi connectivity index (χ3n) is 2.87. The Morgan fingerprint density at radius 2 is 1.83 bits per heavy atom. The molecule has 2 N–H and O–H groups in total. The van der Waals surface area contributed by atoms with Gasteiger partial charge in [-0.15, -0.1) is 0 Å². The zero-order valence-electron chi connectivity index (χ0n) is 7.57. The van der Waals surface area contributed by atoms with Crippen LogP contribution in [0.5, 0.6) is 0 Å². The minimum atomic E-state index is 0.168. The van der Waals surface area contributed by atoms with Crippen LogP contribution < -0.4 is 10.6 Å². The summed E-state index contributed by atoms with van der Waals surface area (Å²) in [6.07, 6.45) is 3.50. The molecular weight excluding hydrogens is 152 g/mol. The van der Waals surface area contributed by atoms with Crippen LogP contribution in [0.2, 0.25) is 0 Å². The van der Waals surface area contributed by atoms with Crippen molar-refractivity contribution >= 4 is 0 Å². The van der Waals surface area contributed by atoms with Gasteiger partial charge in [0.2, 0.25) is 0 Å². The first kappa shape index (κ1) is 8.48. The van der Waals surface area contributed by atoms with E-state index in [1.54, 1.807) is 0 Å². The molecule has 2 saturated heterocycles. The van der Waals surface area contributed by atoms with Gasteiger partial charge in [0.15, 0.2) is 0 Å². The molecule has 0 atom stereocenters. The molecule has 2 fully saturated rings. The molecule has 0 unspecified atom stereocenters. The van der Waals surface area contributed by atoms with Gasteiger partial charge in [0.1, 0.15) is 0 Å². The van der Waals surface area contributed by atoms with Crippen LogP contribution in [0, 0.1) is 0 Å².